The number of nitrogens with two attached hydrogens (primary N) is 1. The van der Waals surface area contributed by atoms with E-state index in [0.29, 0.717) is 5.56 Å². The predicted octanol–water partition coefficient (Wildman–Crippen LogP) is 3.37. The van der Waals surface area contributed by atoms with Crippen LogP contribution in [-0.2, 0) is 0 Å². The number of rotatable bonds is 3. The second-order valence-corrected chi connectivity index (χ2v) is 5.79. The first kappa shape index (κ1) is 17.2. The van der Waals surface area contributed by atoms with Crippen LogP contribution in [0, 0.1) is 5.92 Å². The molecule has 1 aliphatic heterocycles. The average Bonchev–Trinajstić information content (AvgIpc) is 2.79. The first-order chi connectivity index (χ1) is 9.96. The van der Waals surface area contributed by atoms with Gasteiger partial charge >= 0.3 is 6.29 Å². The zero-order valence-corrected chi connectivity index (χ0v) is 12.8. The molecule has 0 spiro atoms. The second-order valence-electron chi connectivity index (χ2n) is 5.79. The minimum Gasteiger partial charge on any atom is -0.395 e. The number of hydrogen-bond donors (Lipinski definition) is 2. The highest BCUT2D eigenvalue weighted by atomic mass is 35.5. The topological polar surface area (TPSA) is 64.7 Å². The Morgan fingerprint density at radius 3 is 2.45 bits per heavy atom. The molecular weight excluding hydrogens is 316 g/mol. The zero-order valence-electron chi connectivity index (χ0n) is 12.0. The van der Waals surface area contributed by atoms with E-state index < -0.39 is 18.4 Å². The van der Waals surface area contributed by atoms with Crippen molar-refractivity contribution in [1.29, 1.82) is 0 Å². The van der Waals surface area contributed by atoms with Gasteiger partial charge in [0.15, 0.2) is 11.5 Å². The molecule has 4 nitrogen and oxygen atoms in total. The number of benzene rings is 1. The van der Waals surface area contributed by atoms with Crippen LogP contribution < -0.4 is 15.2 Å². The van der Waals surface area contributed by atoms with Gasteiger partial charge < -0.3 is 20.3 Å². The first-order valence-electron chi connectivity index (χ1n) is 7.30. The molecule has 1 heterocycles. The molecule has 2 aliphatic rings. The number of aliphatic hydroxyl groups is 1. The molecular formula is C15H20ClF2NO3. The van der Waals surface area contributed by atoms with Crippen molar-refractivity contribution >= 4 is 12.4 Å². The molecule has 1 fully saturated rings. The lowest BCUT2D eigenvalue weighted by Crippen LogP contribution is -2.34. The van der Waals surface area contributed by atoms with Crippen molar-refractivity contribution in [2.75, 3.05) is 0 Å². The summed E-state index contributed by atoms with van der Waals surface area (Å²) in [6.45, 7) is 0. The van der Waals surface area contributed by atoms with Crippen LogP contribution in [-0.4, -0.2) is 17.5 Å². The van der Waals surface area contributed by atoms with Crippen molar-refractivity contribution in [2.24, 2.45) is 11.7 Å². The Bertz CT molecular complexity index is 524. The molecule has 1 aromatic carbocycles. The molecule has 2 atom stereocenters. The van der Waals surface area contributed by atoms with E-state index in [0.717, 1.165) is 25.7 Å². The maximum atomic E-state index is 13.0. The van der Waals surface area contributed by atoms with Crippen molar-refractivity contribution < 1.29 is 23.4 Å². The van der Waals surface area contributed by atoms with Crippen molar-refractivity contribution in [2.45, 2.75) is 50.5 Å². The Balaban J connectivity index is 0.00000176. The molecule has 7 heteroatoms. The van der Waals surface area contributed by atoms with Crippen LogP contribution in [0.15, 0.2) is 18.2 Å². The van der Waals surface area contributed by atoms with Gasteiger partial charge in [-0.3, -0.25) is 0 Å². The van der Waals surface area contributed by atoms with Gasteiger partial charge in [-0.15, -0.1) is 21.2 Å². The number of ether oxygens (including phenoxy) is 2. The van der Waals surface area contributed by atoms with Crippen LogP contribution in [0.3, 0.4) is 0 Å². The van der Waals surface area contributed by atoms with Crippen LogP contribution >= 0.6 is 12.4 Å². The van der Waals surface area contributed by atoms with Gasteiger partial charge in [-0.25, -0.2) is 0 Å². The summed E-state index contributed by atoms with van der Waals surface area (Å²) in [5.41, 5.74) is 6.67. The van der Waals surface area contributed by atoms with Gasteiger partial charge in [-0.05, 0) is 36.5 Å². The number of fused-ring (bicyclic) bond motifs is 1. The fourth-order valence-electron chi connectivity index (χ4n) is 3.14. The summed E-state index contributed by atoms with van der Waals surface area (Å²) >= 11 is 0. The van der Waals surface area contributed by atoms with Gasteiger partial charge in [0.1, 0.15) is 0 Å². The van der Waals surface area contributed by atoms with Crippen LogP contribution in [0.4, 0.5) is 8.78 Å². The lowest BCUT2D eigenvalue weighted by Gasteiger charge is -2.30. The Morgan fingerprint density at radius 1 is 1.14 bits per heavy atom. The molecule has 1 aromatic rings. The van der Waals surface area contributed by atoms with Gasteiger partial charge in [-0.2, -0.15) is 0 Å². The lowest BCUT2D eigenvalue weighted by molar-refractivity contribution is -0.286. The van der Waals surface area contributed by atoms with Crippen molar-refractivity contribution in [3.8, 4) is 11.5 Å². The summed E-state index contributed by atoms with van der Waals surface area (Å²) in [4.78, 5) is 0. The monoisotopic (exact) mass is 335 g/mol. The summed E-state index contributed by atoms with van der Waals surface area (Å²) in [7, 11) is 0. The molecule has 1 aliphatic carbocycles. The van der Waals surface area contributed by atoms with E-state index in [1.807, 2.05) is 0 Å². The molecule has 1 saturated carbocycles. The summed E-state index contributed by atoms with van der Waals surface area (Å²) < 4.78 is 34.8. The SMILES string of the molecule is Cl.N[C@@H](c1ccc2c(c1)OC(F)(F)O2)[C@H](O)C1CCCCC1. The molecule has 3 N–H and O–H groups in total. The van der Waals surface area contributed by atoms with E-state index in [1.165, 1.54) is 18.6 Å². The maximum Gasteiger partial charge on any atom is 0.586 e. The highest BCUT2D eigenvalue weighted by molar-refractivity contribution is 5.85. The molecule has 0 radical (unpaired) electrons. The van der Waals surface area contributed by atoms with Gasteiger partial charge in [-0.1, -0.05) is 25.3 Å². The van der Waals surface area contributed by atoms with E-state index in [2.05, 4.69) is 9.47 Å². The van der Waals surface area contributed by atoms with Crippen molar-refractivity contribution in [3.63, 3.8) is 0 Å². The summed E-state index contributed by atoms with van der Waals surface area (Å²) in [5, 5.41) is 10.4. The summed E-state index contributed by atoms with van der Waals surface area (Å²) in [5.74, 6) is 0.118. The fraction of sp³-hybridized carbons (Fsp3) is 0.600. The lowest BCUT2D eigenvalue weighted by atomic mass is 9.81. The van der Waals surface area contributed by atoms with Gasteiger partial charge in [0.25, 0.3) is 0 Å². The minimum absolute atomic E-state index is 0. The van der Waals surface area contributed by atoms with Crippen LogP contribution in [0.5, 0.6) is 11.5 Å². The largest absolute Gasteiger partial charge is 0.586 e. The van der Waals surface area contributed by atoms with Crippen molar-refractivity contribution in [3.05, 3.63) is 23.8 Å². The van der Waals surface area contributed by atoms with Gasteiger partial charge in [0.05, 0.1) is 12.1 Å². The summed E-state index contributed by atoms with van der Waals surface area (Å²) in [6.07, 6.45) is 0.995. The first-order valence-corrected chi connectivity index (χ1v) is 7.30. The van der Waals surface area contributed by atoms with Crippen LogP contribution in [0.2, 0.25) is 0 Å². The normalized spacial score (nSPS) is 22.7. The van der Waals surface area contributed by atoms with E-state index in [-0.39, 0.29) is 29.8 Å². The van der Waals surface area contributed by atoms with E-state index in [1.54, 1.807) is 6.07 Å². The summed E-state index contributed by atoms with van der Waals surface area (Å²) in [6, 6.07) is 3.81. The third kappa shape index (κ3) is 3.45. The molecule has 124 valence electrons. The van der Waals surface area contributed by atoms with Crippen LogP contribution in [0.25, 0.3) is 0 Å². The number of hydrogen-bond acceptors (Lipinski definition) is 4. The van der Waals surface area contributed by atoms with Gasteiger partial charge in [0, 0.05) is 0 Å². The van der Waals surface area contributed by atoms with Gasteiger partial charge in [0.2, 0.25) is 0 Å². The molecule has 0 unspecified atom stereocenters. The third-order valence-electron chi connectivity index (χ3n) is 4.31. The molecule has 0 saturated heterocycles. The Hall–Kier alpha value is -1.11. The average molecular weight is 336 g/mol. The quantitative estimate of drug-likeness (QED) is 0.889. The van der Waals surface area contributed by atoms with E-state index in [4.69, 9.17) is 5.73 Å². The molecule has 0 aromatic heterocycles. The standard InChI is InChI=1S/C15H19F2NO3.ClH/c16-15(17)20-11-7-6-10(8-12(11)21-15)13(18)14(19)9-4-2-1-3-5-9;/h6-9,13-14,19H,1-5,18H2;1H/t13-,14+;/m0./s1. The number of halogens is 3. The maximum absolute atomic E-state index is 13.0. The second kappa shape index (κ2) is 6.56. The number of alkyl halides is 2. The highest BCUT2D eigenvalue weighted by Crippen LogP contribution is 2.42. The predicted molar refractivity (Wildman–Crippen MR) is 79.4 cm³/mol. The fourth-order valence-corrected chi connectivity index (χ4v) is 3.14. The Kier molecular flexibility index (Phi) is 5.14. The molecule has 22 heavy (non-hydrogen) atoms. The van der Waals surface area contributed by atoms with Crippen molar-refractivity contribution in [1.82, 2.24) is 0 Å². The highest BCUT2D eigenvalue weighted by Gasteiger charge is 2.43. The van der Waals surface area contributed by atoms with E-state index >= 15 is 0 Å². The molecule has 0 bridgehead atoms. The Labute approximate surface area is 134 Å². The minimum atomic E-state index is -3.63. The zero-order chi connectivity index (χ0) is 15.0. The molecule has 0 amide bonds. The Morgan fingerprint density at radius 2 is 1.77 bits per heavy atom. The number of aliphatic hydroxyl groups excluding tert-OH is 1. The van der Waals surface area contributed by atoms with E-state index in [9.17, 15) is 13.9 Å². The third-order valence-corrected chi connectivity index (χ3v) is 4.31. The molecule has 3 rings (SSSR count). The smallest absolute Gasteiger partial charge is 0.395 e. The van der Waals surface area contributed by atoms with Crippen LogP contribution in [0.1, 0.15) is 43.7 Å².